The van der Waals surface area contributed by atoms with E-state index in [2.05, 4.69) is 15.9 Å². The van der Waals surface area contributed by atoms with Crippen molar-refractivity contribution in [2.75, 3.05) is 0 Å². The van der Waals surface area contributed by atoms with Crippen LogP contribution in [0.25, 0.3) is 0 Å². The number of hydrogen-bond acceptors (Lipinski definition) is 3. The summed E-state index contributed by atoms with van der Waals surface area (Å²) in [6, 6.07) is 2.73. The zero-order chi connectivity index (χ0) is 10.9. The normalized spacial score (nSPS) is 10.0. The molecule has 0 unspecified atom stereocenters. The Bertz CT molecular complexity index is 382. The van der Waals surface area contributed by atoms with Crippen molar-refractivity contribution in [3.63, 3.8) is 0 Å². The molecule has 0 saturated carbocycles. The highest BCUT2D eigenvalue weighted by Gasteiger charge is 2.22. The summed E-state index contributed by atoms with van der Waals surface area (Å²) in [5.74, 6) is -1.23. The molecule has 0 aromatic heterocycles. The average molecular weight is 279 g/mol. The lowest BCUT2D eigenvalue weighted by atomic mass is 9.79. The standard InChI is InChI=1S/C7H5BBrClO4/c9-4-2-1-3(8(13)14)6(10)5(4)7(11)12/h1-2,13-14H,(H,11,12). The number of carboxylic acid groups (broad SMARTS) is 1. The van der Waals surface area contributed by atoms with Crippen LogP contribution in [0.5, 0.6) is 0 Å². The maximum absolute atomic E-state index is 10.7. The molecule has 7 heteroatoms. The summed E-state index contributed by atoms with van der Waals surface area (Å²) in [6.45, 7) is 0. The van der Waals surface area contributed by atoms with Gasteiger partial charge in [-0.2, -0.15) is 0 Å². The lowest BCUT2D eigenvalue weighted by Gasteiger charge is -2.07. The fraction of sp³-hybridized carbons (Fsp3) is 0. The number of rotatable bonds is 2. The molecule has 1 aromatic carbocycles. The first-order valence-corrected chi connectivity index (χ1v) is 4.69. The molecule has 0 aliphatic rings. The third-order valence-electron chi connectivity index (χ3n) is 1.61. The first-order chi connectivity index (χ1) is 6.45. The molecule has 0 saturated heterocycles. The Morgan fingerprint density at radius 3 is 2.43 bits per heavy atom. The number of halogens is 2. The third-order valence-corrected chi connectivity index (χ3v) is 2.68. The Morgan fingerprint density at radius 2 is 2.00 bits per heavy atom. The van der Waals surface area contributed by atoms with Crippen LogP contribution in [-0.2, 0) is 0 Å². The van der Waals surface area contributed by atoms with Crippen molar-refractivity contribution >= 4 is 46.1 Å². The van der Waals surface area contributed by atoms with Crippen LogP contribution in [0, 0.1) is 0 Å². The van der Waals surface area contributed by atoms with Gasteiger partial charge in [0.15, 0.2) is 0 Å². The van der Waals surface area contributed by atoms with E-state index in [4.69, 9.17) is 26.8 Å². The van der Waals surface area contributed by atoms with E-state index in [1.54, 1.807) is 0 Å². The van der Waals surface area contributed by atoms with Gasteiger partial charge in [0, 0.05) is 9.94 Å². The van der Waals surface area contributed by atoms with Crippen LogP contribution in [-0.4, -0.2) is 28.2 Å². The van der Waals surface area contributed by atoms with Gasteiger partial charge >= 0.3 is 13.1 Å². The third kappa shape index (κ3) is 2.09. The first-order valence-electron chi connectivity index (χ1n) is 3.52. The van der Waals surface area contributed by atoms with Crippen LogP contribution in [0.15, 0.2) is 16.6 Å². The largest absolute Gasteiger partial charge is 0.489 e. The molecule has 3 N–H and O–H groups in total. The van der Waals surface area contributed by atoms with Crippen molar-refractivity contribution in [1.29, 1.82) is 0 Å². The lowest BCUT2D eigenvalue weighted by Crippen LogP contribution is -2.31. The van der Waals surface area contributed by atoms with Crippen LogP contribution < -0.4 is 5.46 Å². The molecule has 0 atom stereocenters. The molecule has 0 aliphatic heterocycles. The number of carbonyl (C=O) groups is 1. The predicted octanol–water partition coefficient (Wildman–Crippen LogP) is 0.480. The zero-order valence-electron chi connectivity index (χ0n) is 6.74. The highest BCUT2D eigenvalue weighted by atomic mass is 79.9. The van der Waals surface area contributed by atoms with Gasteiger partial charge in [0.1, 0.15) is 0 Å². The minimum atomic E-state index is -1.78. The molecule has 0 aliphatic carbocycles. The molecule has 1 rings (SSSR count). The molecule has 0 amide bonds. The molecule has 0 bridgehead atoms. The van der Waals surface area contributed by atoms with Crippen molar-refractivity contribution < 1.29 is 19.9 Å². The summed E-state index contributed by atoms with van der Waals surface area (Å²) in [7, 11) is -1.78. The molecule has 0 spiro atoms. The maximum Gasteiger partial charge on any atom is 0.489 e. The van der Waals surface area contributed by atoms with Gasteiger partial charge in [-0.1, -0.05) is 17.7 Å². The number of carboxylic acids is 1. The molecule has 0 heterocycles. The number of hydrogen-bond donors (Lipinski definition) is 3. The summed E-state index contributed by atoms with van der Waals surface area (Å²) in [6.07, 6.45) is 0. The van der Waals surface area contributed by atoms with Crippen molar-refractivity contribution in [1.82, 2.24) is 0 Å². The number of aromatic carboxylic acids is 1. The molecule has 74 valence electrons. The van der Waals surface area contributed by atoms with Gasteiger partial charge < -0.3 is 15.2 Å². The number of benzene rings is 1. The van der Waals surface area contributed by atoms with Crippen LogP contribution in [0.1, 0.15) is 10.4 Å². The van der Waals surface area contributed by atoms with E-state index in [0.29, 0.717) is 4.47 Å². The highest BCUT2D eigenvalue weighted by Crippen LogP contribution is 2.23. The Kier molecular flexibility index (Phi) is 3.55. The van der Waals surface area contributed by atoms with Crippen LogP contribution >= 0.6 is 27.5 Å². The van der Waals surface area contributed by atoms with Crippen molar-refractivity contribution in [3.8, 4) is 0 Å². The van der Waals surface area contributed by atoms with Crippen molar-refractivity contribution in [2.45, 2.75) is 0 Å². The Morgan fingerprint density at radius 1 is 1.43 bits per heavy atom. The average Bonchev–Trinajstić information content (AvgIpc) is 2.02. The summed E-state index contributed by atoms with van der Waals surface area (Å²) < 4.78 is 0.291. The zero-order valence-corrected chi connectivity index (χ0v) is 9.08. The molecule has 1 aromatic rings. The second kappa shape index (κ2) is 4.31. The molecule has 0 radical (unpaired) electrons. The summed E-state index contributed by atoms with van der Waals surface area (Å²) in [4.78, 5) is 10.7. The monoisotopic (exact) mass is 278 g/mol. The lowest BCUT2D eigenvalue weighted by molar-refractivity contribution is 0.0696. The van der Waals surface area contributed by atoms with E-state index in [-0.39, 0.29) is 16.0 Å². The van der Waals surface area contributed by atoms with Gasteiger partial charge in [0.25, 0.3) is 0 Å². The predicted molar refractivity (Wildman–Crippen MR) is 55.9 cm³/mol. The van der Waals surface area contributed by atoms with Gasteiger partial charge in [0.2, 0.25) is 0 Å². The minimum absolute atomic E-state index is 0.0349. The van der Waals surface area contributed by atoms with E-state index in [1.165, 1.54) is 12.1 Å². The minimum Gasteiger partial charge on any atom is -0.478 e. The fourth-order valence-electron chi connectivity index (χ4n) is 0.964. The molecule has 0 fully saturated rings. The Balaban J connectivity index is 3.41. The summed E-state index contributed by atoms with van der Waals surface area (Å²) in [5, 5.41) is 26.3. The van der Waals surface area contributed by atoms with E-state index in [9.17, 15) is 4.79 Å². The summed E-state index contributed by atoms with van der Waals surface area (Å²) >= 11 is 8.68. The molecule has 4 nitrogen and oxygen atoms in total. The Hall–Kier alpha value is -0.555. The summed E-state index contributed by atoms with van der Waals surface area (Å²) in [5.41, 5.74) is -0.218. The fourth-order valence-corrected chi connectivity index (χ4v) is 1.92. The van der Waals surface area contributed by atoms with E-state index in [0.717, 1.165) is 0 Å². The quantitative estimate of drug-likeness (QED) is 0.688. The Labute approximate surface area is 93.4 Å². The van der Waals surface area contributed by atoms with Gasteiger partial charge in [-0.3, -0.25) is 0 Å². The second-order valence-electron chi connectivity index (χ2n) is 2.50. The van der Waals surface area contributed by atoms with Crippen LogP contribution in [0.4, 0.5) is 0 Å². The van der Waals surface area contributed by atoms with Crippen molar-refractivity contribution in [2.24, 2.45) is 0 Å². The van der Waals surface area contributed by atoms with Crippen LogP contribution in [0.3, 0.4) is 0 Å². The molecular weight excluding hydrogens is 274 g/mol. The van der Waals surface area contributed by atoms with Gasteiger partial charge in [-0.25, -0.2) is 4.79 Å². The van der Waals surface area contributed by atoms with Gasteiger partial charge in [-0.05, 0) is 22.0 Å². The van der Waals surface area contributed by atoms with Gasteiger partial charge in [0.05, 0.1) is 10.6 Å². The SMILES string of the molecule is O=C(O)c1c(Br)ccc(B(O)O)c1Cl. The van der Waals surface area contributed by atoms with Crippen LogP contribution in [0.2, 0.25) is 5.02 Å². The van der Waals surface area contributed by atoms with E-state index in [1.807, 2.05) is 0 Å². The van der Waals surface area contributed by atoms with Gasteiger partial charge in [-0.15, -0.1) is 0 Å². The van der Waals surface area contributed by atoms with Crippen molar-refractivity contribution in [3.05, 3.63) is 27.2 Å². The smallest absolute Gasteiger partial charge is 0.478 e. The first kappa shape index (κ1) is 11.5. The highest BCUT2D eigenvalue weighted by molar-refractivity contribution is 9.10. The maximum atomic E-state index is 10.7. The molecular formula is C7H5BBrClO4. The van der Waals surface area contributed by atoms with E-state index >= 15 is 0 Å². The van der Waals surface area contributed by atoms with E-state index < -0.39 is 13.1 Å². The topological polar surface area (TPSA) is 77.8 Å². The molecule has 14 heavy (non-hydrogen) atoms. The second-order valence-corrected chi connectivity index (χ2v) is 3.74.